The molecule has 1 aromatic carbocycles. The van der Waals surface area contributed by atoms with Crippen molar-refractivity contribution in [3.63, 3.8) is 0 Å². The lowest BCUT2D eigenvalue weighted by atomic mass is 10.3. The summed E-state index contributed by atoms with van der Waals surface area (Å²) in [5.41, 5.74) is 1.26. The van der Waals surface area contributed by atoms with Crippen molar-refractivity contribution in [3.8, 4) is 0 Å². The minimum atomic E-state index is -3.98. The third-order valence-electron chi connectivity index (χ3n) is 2.33. The third-order valence-corrected chi connectivity index (χ3v) is 5.99. The Labute approximate surface area is 138 Å². The summed E-state index contributed by atoms with van der Waals surface area (Å²) in [6.45, 7) is 0. The van der Waals surface area contributed by atoms with Gasteiger partial charge in [0.25, 0.3) is 10.0 Å². The normalized spacial score (nSPS) is 11.2. The fourth-order valence-corrected chi connectivity index (χ4v) is 4.28. The highest BCUT2D eigenvalue weighted by Gasteiger charge is 2.27. The van der Waals surface area contributed by atoms with Crippen molar-refractivity contribution in [2.45, 2.75) is 4.21 Å². The summed E-state index contributed by atoms with van der Waals surface area (Å²) in [6.07, 6.45) is 0. The van der Waals surface area contributed by atoms with Gasteiger partial charge in [-0.15, -0.1) is 11.3 Å². The molecule has 0 atom stereocenters. The monoisotopic (exact) mass is 410 g/mol. The largest absolute Gasteiger partial charge is 0.464 e. The maximum Gasteiger partial charge on any atom is 0.358 e. The zero-order valence-corrected chi connectivity index (χ0v) is 14.4. The van der Waals surface area contributed by atoms with Crippen molar-refractivity contribution in [2.24, 2.45) is 0 Å². The number of ether oxygens (including phenoxy) is 1. The lowest BCUT2D eigenvalue weighted by molar-refractivity contribution is 0.0590. The van der Waals surface area contributed by atoms with Crippen LogP contribution in [0.2, 0.25) is 5.02 Å². The van der Waals surface area contributed by atoms with Crippen LogP contribution < -0.4 is 4.72 Å². The Bertz CT molecular complexity index is 791. The first-order chi connectivity index (χ1) is 9.85. The van der Waals surface area contributed by atoms with Gasteiger partial charge in [0.05, 0.1) is 18.3 Å². The predicted molar refractivity (Wildman–Crippen MR) is 83.4 cm³/mol. The number of rotatable bonds is 4. The van der Waals surface area contributed by atoms with Gasteiger partial charge in [-0.05, 0) is 34.1 Å². The molecule has 2 aromatic rings. The van der Waals surface area contributed by atoms with Gasteiger partial charge in [-0.3, -0.25) is 4.72 Å². The Morgan fingerprint density at radius 1 is 1.48 bits per heavy atom. The topological polar surface area (TPSA) is 85.4 Å². The van der Waals surface area contributed by atoms with Crippen molar-refractivity contribution in [2.75, 3.05) is 11.8 Å². The van der Waals surface area contributed by atoms with E-state index in [9.17, 15) is 13.2 Å². The molecule has 6 nitrogen and oxygen atoms in total. The van der Waals surface area contributed by atoms with E-state index in [1.54, 1.807) is 12.1 Å². The molecule has 0 aliphatic heterocycles. The van der Waals surface area contributed by atoms with Crippen LogP contribution in [0.3, 0.4) is 0 Å². The van der Waals surface area contributed by atoms with Gasteiger partial charge in [-0.2, -0.15) is 0 Å². The molecule has 1 N–H and O–H groups in total. The van der Waals surface area contributed by atoms with Crippen molar-refractivity contribution in [3.05, 3.63) is 38.9 Å². The van der Waals surface area contributed by atoms with E-state index in [-0.39, 0.29) is 15.6 Å². The summed E-state index contributed by atoms with van der Waals surface area (Å²) in [5, 5.41) is 0.369. The van der Waals surface area contributed by atoms with Crippen LogP contribution in [-0.4, -0.2) is 26.5 Å². The van der Waals surface area contributed by atoms with E-state index in [1.165, 1.54) is 11.6 Å². The Morgan fingerprint density at radius 3 is 2.86 bits per heavy atom. The number of hydrogen-bond acceptors (Lipinski definition) is 6. The molecule has 1 heterocycles. The third kappa shape index (κ3) is 3.54. The molecule has 0 unspecified atom stereocenters. The number of nitrogens with zero attached hydrogens (tertiary/aromatic N) is 1. The van der Waals surface area contributed by atoms with Crippen molar-refractivity contribution in [1.29, 1.82) is 0 Å². The minimum Gasteiger partial charge on any atom is -0.464 e. The van der Waals surface area contributed by atoms with E-state index in [4.69, 9.17) is 11.6 Å². The van der Waals surface area contributed by atoms with E-state index < -0.39 is 16.0 Å². The second-order valence-electron chi connectivity index (χ2n) is 3.71. The molecule has 0 aliphatic rings. The van der Waals surface area contributed by atoms with Crippen LogP contribution in [0.1, 0.15) is 10.5 Å². The van der Waals surface area contributed by atoms with Gasteiger partial charge >= 0.3 is 5.97 Å². The van der Waals surface area contributed by atoms with Gasteiger partial charge in [0.2, 0.25) is 0 Å². The number of anilines is 1. The van der Waals surface area contributed by atoms with Gasteiger partial charge < -0.3 is 4.74 Å². The van der Waals surface area contributed by atoms with E-state index in [0.29, 0.717) is 9.50 Å². The number of sulfonamides is 1. The molecule has 1 aromatic heterocycles. The summed E-state index contributed by atoms with van der Waals surface area (Å²) in [4.78, 5) is 15.2. The fourth-order valence-electron chi connectivity index (χ4n) is 1.43. The van der Waals surface area contributed by atoms with Crippen molar-refractivity contribution >= 4 is 60.5 Å². The van der Waals surface area contributed by atoms with Crippen LogP contribution in [0, 0.1) is 0 Å². The Kier molecular flexibility index (Phi) is 4.87. The van der Waals surface area contributed by atoms with Crippen LogP contribution >= 0.6 is 38.9 Å². The number of benzene rings is 1. The highest BCUT2D eigenvalue weighted by atomic mass is 79.9. The lowest BCUT2D eigenvalue weighted by Crippen LogP contribution is -2.16. The second kappa shape index (κ2) is 6.30. The number of carbonyl (C=O) groups is 1. The van der Waals surface area contributed by atoms with Crippen LogP contribution in [-0.2, 0) is 14.8 Å². The molecule has 2 rings (SSSR count). The summed E-state index contributed by atoms with van der Waals surface area (Å²) < 4.78 is 31.9. The Balaban J connectivity index is 2.42. The zero-order chi connectivity index (χ0) is 15.6. The molecule has 21 heavy (non-hydrogen) atoms. The summed E-state index contributed by atoms with van der Waals surface area (Å²) >= 11 is 9.87. The molecule has 0 fully saturated rings. The fraction of sp³-hybridized carbons (Fsp3) is 0.0909. The van der Waals surface area contributed by atoms with Crippen molar-refractivity contribution < 1.29 is 17.9 Å². The molecule has 0 amide bonds. The average Bonchev–Trinajstić information content (AvgIpc) is 2.92. The second-order valence-corrected chi connectivity index (χ2v) is 7.73. The predicted octanol–water partition coefficient (Wildman–Crippen LogP) is 3.15. The SMILES string of the molecule is COC(=O)c1ncsc1S(=O)(=O)Nc1cc(Cl)ccc1Br. The van der Waals surface area contributed by atoms with Crippen LogP contribution in [0.15, 0.2) is 32.4 Å². The van der Waals surface area contributed by atoms with Gasteiger partial charge in [-0.1, -0.05) is 11.6 Å². The number of esters is 1. The number of hydrogen-bond donors (Lipinski definition) is 1. The zero-order valence-electron chi connectivity index (χ0n) is 10.5. The first-order valence-corrected chi connectivity index (χ1v) is 8.88. The maximum absolute atomic E-state index is 12.4. The molecule has 0 spiro atoms. The molecule has 0 bridgehead atoms. The maximum atomic E-state index is 12.4. The standard InChI is InChI=1S/C11H8BrClN2O4S2/c1-19-10(16)9-11(20-5-14-9)21(17,18)15-8-4-6(13)2-3-7(8)12/h2-5,15H,1H3. The highest BCUT2D eigenvalue weighted by Crippen LogP contribution is 2.30. The van der Waals surface area contributed by atoms with E-state index in [1.807, 2.05) is 0 Å². The number of halogens is 2. The number of nitrogens with one attached hydrogen (secondary N) is 1. The number of carbonyl (C=O) groups excluding carboxylic acids is 1. The summed E-state index contributed by atoms with van der Waals surface area (Å²) in [6, 6.07) is 4.66. The molecule has 0 aliphatic carbocycles. The molecule has 10 heteroatoms. The Hall–Kier alpha value is -1.16. The summed E-state index contributed by atoms with van der Waals surface area (Å²) in [5.74, 6) is -0.818. The molecule has 0 saturated carbocycles. The van der Waals surface area contributed by atoms with E-state index in [2.05, 4.69) is 30.4 Å². The molecular weight excluding hydrogens is 404 g/mol. The van der Waals surface area contributed by atoms with Gasteiger partial charge in [0.15, 0.2) is 9.90 Å². The van der Waals surface area contributed by atoms with Gasteiger partial charge in [-0.25, -0.2) is 18.2 Å². The van der Waals surface area contributed by atoms with Crippen LogP contribution in [0.4, 0.5) is 5.69 Å². The Morgan fingerprint density at radius 2 is 2.19 bits per heavy atom. The minimum absolute atomic E-state index is 0.221. The van der Waals surface area contributed by atoms with Gasteiger partial charge in [0.1, 0.15) is 0 Å². The highest BCUT2D eigenvalue weighted by molar-refractivity contribution is 9.10. The smallest absolute Gasteiger partial charge is 0.358 e. The lowest BCUT2D eigenvalue weighted by Gasteiger charge is -2.09. The summed E-state index contributed by atoms with van der Waals surface area (Å²) in [7, 11) is -2.83. The average molecular weight is 412 g/mol. The van der Waals surface area contributed by atoms with E-state index in [0.717, 1.165) is 18.4 Å². The number of methoxy groups -OCH3 is 1. The van der Waals surface area contributed by atoms with E-state index >= 15 is 0 Å². The van der Waals surface area contributed by atoms with Crippen molar-refractivity contribution in [1.82, 2.24) is 4.98 Å². The number of thiazole rings is 1. The molecule has 112 valence electrons. The van der Waals surface area contributed by atoms with Crippen LogP contribution in [0.5, 0.6) is 0 Å². The van der Waals surface area contributed by atoms with Crippen LogP contribution in [0.25, 0.3) is 0 Å². The molecule has 0 saturated heterocycles. The first-order valence-electron chi connectivity index (χ1n) is 5.35. The quantitative estimate of drug-likeness (QED) is 0.781. The first kappa shape index (κ1) is 16.2. The molecular formula is C11H8BrClN2O4S2. The molecule has 0 radical (unpaired) electrons. The number of aromatic nitrogens is 1. The van der Waals surface area contributed by atoms with Gasteiger partial charge in [0, 0.05) is 9.50 Å².